The molecule has 3 aromatic carbocycles. The summed E-state index contributed by atoms with van der Waals surface area (Å²) in [6.45, 7) is 2.01. The molecule has 0 fully saturated rings. The van der Waals surface area contributed by atoms with Crippen LogP contribution in [0, 0.1) is 6.92 Å². The zero-order valence-corrected chi connectivity index (χ0v) is 18.5. The van der Waals surface area contributed by atoms with Crippen molar-refractivity contribution in [2.75, 3.05) is 10.6 Å². The Kier molecular flexibility index (Phi) is 5.86. The van der Waals surface area contributed by atoms with Crippen molar-refractivity contribution in [3.05, 3.63) is 115 Å². The van der Waals surface area contributed by atoms with Gasteiger partial charge in [0.05, 0.1) is 11.2 Å². The molecule has 0 atom stereocenters. The molecule has 0 saturated heterocycles. The van der Waals surface area contributed by atoms with Crippen LogP contribution in [0.4, 0.5) is 17.1 Å². The number of pyridine rings is 2. The molecule has 5 aromatic rings. The first-order valence-corrected chi connectivity index (χ1v) is 10.9. The number of carbonyl (C=O) groups excluding carboxylic acids is 1. The van der Waals surface area contributed by atoms with Gasteiger partial charge in [-0.25, -0.2) is 0 Å². The quantitative estimate of drug-likeness (QED) is 0.303. The Balaban J connectivity index is 1.30. The molecule has 0 radical (unpaired) electrons. The standard InChI is InChI=1S/C28H22N4O2/c1-19-18-30-26-8-3-2-7-25(26)27(19)31-22-6-4-5-20(17-22)28(33)32-21-9-11-23(12-10-21)34-24-13-15-29-16-14-24/h2-18H,1H3,(H,30,31)(H,32,33). The van der Waals surface area contributed by atoms with Crippen molar-refractivity contribution >= 4 is 33.9 Å². The van der Waals surface area contributed by atoms with Gasteiger partial charge in [-0.15, -0.1) is 0 Å². The van der Waals surface area contributed by atoms with Crippen LogP contribution in [0.1, 0.15) is 15.9 Å². The summed E-state index contributed by atoms with van der Waals surface area (Å²) in [6.07, 6.45) is 5.19. The maximum absolute atomic E-state index is 12.9. The molecule has 2 heterocycles. The highest BCUT2D eigenvalue weighted by Crippen LogP contribution is 2.29. The van der Waals surface area contributed by atoms with E-state index in [0.717, 1.165) is 27.8 Å². The minimum Gasteiger partial charge on any atom is -0.457 e. The second kappa shape index (κ2) is 9.42. The van der Waals surface area contributed by atoms with Crippen LogP contribution in [-0.2, 0) is 0 Å². The summed E-state index contributed by atoms with van der Waals surface area (Å²) in [4.78, 5) is 21.4. The number of aromatic nitrogens is 2. The number of hydrogen-bond acceptors (Lipinski definition) is 5. The van der Waals surface area contributed by atoms with Gasteiger partial charge in [0.25, 0.3) is 5.91 Å². The van der Waals surface area contributed by atoms with E-state index in [4.69, 9.17) is 4.74 Å². The van der Waals surface area contributed by atoms with E-state index >= 15 is 0 Å². The predicted molar refractivity (Wildman–Crippen MR) is 135 cm³/mol. The number of aryl methyl sites for hydroxylation is 1. The minimum atomic E-state index is -0.192. The van der Waals surface area contributed by atoms with Crippen molar-refractivity contribution in [1.82, 2.24) is 9.97 Å². The summed E-state index contributed by atoms with van der Waals surface area (Å²) in [5.74, 6) is 1.19. The van der Waals surface area contributed by atoms with Crippen LogP contribution in [0.15, 0.2) is 104 Å². The lowest BCUT2D eigenvalue weighted by Crippen LogP contribution is -2.12. The van der Waals surface area contributed by atoms with Crippen molar-refractivity contribution < 1.29 is 9.53 Å². The predicted octanol–water partition coefficient (Wildman–Crippen LogP) is 6.73. The van der Waals surface area contributed by atoms with E-state index in [1.54, 1.807) is 30.6 Å². The van der Waals surface area contributed by atoms with E-state index in [-0.39, 0.29) is 5.91 Å². The van der Waals surface area contributed by atoms with E-state index in [2.05, 4.69) is 20.6 Å². The van der Waals surface area contributed by atoms with Gasteiger partial charge in [-0.1, -0.05) is 24.3 Å². The van der Waals surface area contributed by atoms with Crippen molar-refractivity contribution in [3.8, 4) is 11.5 Å². The average Bonchev–Trinajstić information content (AvgIpc) is 2.88. The lowest BCUT2D eigenvalue weighted by atomic mass is 10.1. The molecule has 0 saturated carbocycles. The number of nitrogens with one attached hydrogen (secondary N) is 2. The third-order valence-electron chi connectivity index (χ3n) is 5.36. The van der Waals surface area contributed by atoms with E-state index in [1.807, 2.05) is 79.9 Å². The van der Waals surface area contributed by atoms with Crippen molar-refractivity contribution in [1.29, 1.82) is 0 Å². The summed E-state index contributed by atoms with van der Waals surface area (Å²) >= 11 is 0. The Morgan fingerprint density at radius 1 is 0.824 bits per heavy atom. The maximum atomic E-state index is 12.9. The summed E-state index contributed by atoms with van der Waals surface area (Å²) in [7, 11) is 0. The second-order valence-electron chi connectivity index (χ2n) is 7.80. The number of fused-ring (bicyclic) bond motifs is 1. The number of amides is 1. The van der Waals surface area contributed by atoms with E-state index < -0.39 is 0 Å². The molecule has 0 unspecified atom stereocenters. The lowest BCUT2D eigenvalue weighted by molar-refractivity contribution is 0.102. The SMILES string of the molecule is Cc1cnc2ccccc2c1Nc1cccc(C(=O)Nc2ccc(Oc3ccncc3)cc2)c1. The van der Waals surface area contributed by atoms with Crippen molar-refractivity contribution in [2.24, 2.45) is 0 Å². The zero-order valence-electron chi connectivity index (χ0n) is 18.5. The number of ether oxygens (including phenoxy) is 1. The van der Waals surface area contributed by atoms with Gasteiger partial charge in [-0.2, -0.15) is 0 Å². The number of hydrogen-bond donors (Lipinski definition) is 2. The molecule has 2 aromatic heterocycles. The molecular formula is C28H22N4O2. The summed E-state index contributed by atoms with van der Waals surface area (Å²) in [6, 6.07) is 26.2. The number of anilines is 3. The van der Waals surface area contributed by atoms with Gasteiger partial charge in [-0.3, -0.25) is 14.8 Å². The largest absolute Gasteiger partial charge is 0.457 e. The molecule has 0 aliphatic heterocycles. The third-order valence-corrected chi connectivity index (χ3v) is 5.36. The molecule has 0 spiro atoms. The topological polar surface area (TPSA) is 76.1 Å². The van der Waals surface area contributed by atoms with Crippen molar-refractivity contribution in [3.63, 3.8) is 0 Å². The molecule has 0 bridgehead atoms. The molecule has 34 heavy (non-hydrogen) atoms. The fraction of sp³-hybridized carbons (Fsp3) is 0.0357. The molecule has 6 heteroatoms. The van der Waals surface area contributed by atoms with E-state index in [1.165, 1.54) is 0 Å². The lowest BCUT2D eigenvalue weighted by Gasteiger charge is -2.13. The first kappa shape index (κ1) is 21.2. The Hall–Kier alpha value is -4.71. The van der Waals surface area contributed by atoms with Crippen LogP contribution in [0.2, 0.25) is 0 Å². The first-order valence-electron chi connectivity index (χ1n) is 10.9. The van der Waals surface area contributed by atoms with Crippen LogP contribution in [0.5, 0.6) is 11.5 Å². The molecule has 166 valence electrons. The molecule has 0 aliphatic rings. The Bertz CT molecular complexity index is 1450. The van der Waals surface area contributed by atoms with Gasteiger partial charge in [0.15, 0.2) is 0 Å². The minimum absolute atomic E-state index is 0.192. The third kappa shape index (κ3) is 4.71. The molecule has 2 N–H and O–H groups in total. The number of rotatable bonds is 6. The summed E-state index contributed by atoms with van der Waals surface area (Å²) < 4.78 is 5.77. The van der Waals surface area contributed by atoms with Crippen LogP contribution in [0.25, 0.3) is 10.9 Å². The zero-order chi connectivity index (χ0) is 23.3. The van der Waals surface area contributed by atoms with Crippen LogP contribution < -0.4 is 15.4 Å². The highest BCUT2D eigenvalue weighted by atomic mass is 16.5. The average molecular weight is 447 g/mol. The first-order chi connectivity index (χ1) is 16.7. The van der Waals surface area contributed by atoms with Gasteiger partial charge in [0.2, 0.25) is 0 Å². The normalized spacial score (nSPS) is 10.6. The molecule has 6 nitrogen and oxygen atoms in total. The smallest absolute Gasteiger partial charge is 0.255 e. The van der Waals surface area contributed by atoms with Gasteiger partial charge < -0.3 is 15.4 Å². The molecule has 1 amide bonds. The van der Waals surface area contributed by atoms with Crippen LogP contribution in [-0.4, -0.2) is 15.9 Å². The summed E-state index contributed by atoms with van der Waals surface area (Å²) in [5.41, 5.74) is 4.99. The second-order valence-corrected chi connectivity index (χ2v) is 7.80. The van der Waals surface area contributed by atoms with E-state index in [0.29, 0.717) is 22.7 Å². The van der Waals surface area contributed by atoms with Gasteiger partial charge in [0, 0.05) is 40.9 Å². The van der Waals surface area contributed by atoms with Gasteiger partial charge in [0.1, 0.15) is 11.5 Å². The van der Waals surface area contributed by atoms with Gasteiger partial charge >= 0.3 is 0 Å². The number of nitrogens with zero attached hydrogens (tertiary/aromatic N) is 2. The number of carbonyl (C=O) groups is 1. The Labute approximate surface area is 197 Å². The Morgan fingerprint density at radius 2 is 1.59 bits per heavy atom. The highest BCUT2D eigenvalue weighted by molar-refractivity contribution is 6.05. The van der Waals surface area contributed by atoms with Crippen LogP contribution in [0.3, 0.4) is 0 Å². The fourth-order valence-electron chi connectivity index (χ4n) is 3.64. The van der Waals surface area contributed by atoms with Crippen LogP contribution >= 0.6 is 0 Å². The van der Waals surface area contributed by atoms with Gasteiger partial charge in [-0.05, 0) is 73.2 Å². The monoisotopic (exact) mass is 446 g/mol. The summed E-state index contributed by atoms with van der Waals surface area (Å²) in [5, 5.41) is 7.44. The molecule has 5 rings (SSSR count). The fourth-order valence-corrected chi connectivity index (χ4v) is 3.64. The number of benzene rings is 3. The number of para-hydroxylation sites is 1. The molecular weight excluding hydrogens is 424 g/mol. The Morgan fingerprint density at radius 3 is 2.41 bits per heavy atom. The maximum Gasteiger partial charge on any atom is 0.255 e. The van der Waals surface area contributed by atoms with Crippen molar-refractivity contribution in [2.45, 2.75) is 6.92 Å². The highest BCUT2D eigenvalue weighted by Gasteiger charge is 2.10. The molecule has 0 aliphatic carbocycles. The van der Waals surface area contributed by atoms with E-state index in [9.17, 15) is 4.79 Å².